The summed E-state index contributed by atoms with van der Waals surface area (Å²) in [5, 5.41) is 2.77. The molecule has 0 fully saturated rings. The van der Waals surface area contributed by atoms with Crippen LogP contribution in [-0.4, -0.2) is 41.6 Å². The molecule has 0 aromatic carbocycles. The standard InChI is InChI=1S/C21H24F3N3O4/c1-12(2)17(28)10-15-9-14(7-8-25-15)13(3)26-19(29)16-5-6-18(27-20(16)30-4)31-11-21(22,23)24/h5-9,12-13H,10-11H2,1-4H3,(H,26,29). The van der Waals surface area contributed by atoms with E-state index in [9.17, 15) is 22.8 Å². The van der Waals surface area contributed by atoms with E-state index in [1.165, 1.54) is 13.2 Å². The normalized spacial score (nSPS) is 12.4. The van der Waals surface area contributed by atoms with Gasteiger partial charge in [0.25, 0.3) is 5.91 Å². The summed E-state index contributed by atoms with van der Waals surface area (Å²) in [6.07, 6.45) is -2.75. The Hall–Kier alpha value is -3.17. The highest BCUT2D eigenvalue weighted by molar-refractivity contribution is 5.96. The Kier molecular flexibility index (Phi) is 7.95. The van der Waals surface area contributed by atoms with E-state index in [0.717, 1.165) is 11.6 Å². The number of methoxy groups -OCH3 is 1. The van der Waals surface area contributed by atoms with Gasteiger partial charge in [-0.15, -0.1) is 0 Å². The fourth-order valence-corrected chi connectivity index (χ4v) is 2.59. The molecule has 2 heterocycles. The van der Waals surface area contributed by atoms with Gasteiger partial charge in [0, 0.05) is 30.3 Å². The number of alkyl halides is 3. The van der Waals surface area contributed by atoms with Crippen LogP contribution in [0.25, 0.3) is 0 Å². The number of nitrogens with zero attached hydrogens (tertiary/aromatic N) is 2. The van der Waals surface area contributed by atoms with Crippen molar-refractivity contribution >= 4 is 11.7 Å². The quantitative estimate of drug-likeness (QED) is 0.641. The first-order chi connectivity index (χ1) is 14.5. The lowest BCUT2D eigenvalue weighted by Crippen LogP contribution is -2.27. The van der Waals surface area contributed by atoms with Crippen molar-refractivity contribution in [1.29, 1.82) is 0 Å². The SMILES string of the molecule is COc1nc(OCC(F)(F)F)ccc1C(=O)NC(C)c1ccnc(CC(=O)C(C)C)c1. The maximum Gasteiger partial charge on any atom is 0.422 e. The van der Waals surface area contributed by atoms with Gasteiger partial charge >= 0.3 is 6.18 Å². The Morgan fingerprint density at radius 3 is 2.48 bits per heavy atom. The molecule has 0 saturated heterocycles. The minimum absolute atomic E-state index is 0.0398. The van der Waals surface area contributed by atoms with Crippen molar-refractivity contribution in [2.45, 2.75) is 39.4 Å². The van der Waals surface area contributed by atoms with E-state index in [2.05, 4.69) is 20.0 Å². The first-order valence-electron chi connectivity index (χ1n) is 9.53. The Balaban J connectivity index is 2.11. The van der Waals surface area contributed by atoms with Crippen LogP contribution in [0.3, 0.4) is 0 Å². The summed E-state index contributed by atoms with van der Waals surface area (Å²) in [6.45, 7) is 3.88. The van der Waals surface area contributed by atoms with E-state index < -0.39 is 24.7 Å². The van der Waals surface area contributed by atoms with Crippen molar-refractivity contribution in [3.8, 4) is 11.8 Å². The van der Waals surface area contributed by atoms with Gasteiger partial charge in [-0.25, -0.2) is 0 Å². The second-order valence-corrected chi connectivity index (χ2v) is 7.18. The minimum Gasteiger partial charge on any atom is -0.480 e. The second-order valence-electron chi connectivity index (χ2n) is 7.18. The van der Waals surface area contributed by atoms with Crippen molar-refractivity contribution in [1.82, 2.24) is 15.3 Å². The van der Waals surface area contributed by atoms with Gasteiger partial charge in [-0.1, -0.05) is 13.8 Å². The molecule has 0 aliphatic heterocycles. The number of aromatic nitrogens is 2. The van der Waals surface area contributed by atoms with Crippen LogP contribution in [0.4, 0.5) is 13.2 Å². The summed E-state index contributed by atoms with van der Waals surface area (Å²) in [5.74, 6) is -1.05. The van der Waals surface area contributed by atoms with Gasteiger partial charge in [0.15, 0.2) is 6.61 Å². The van der Waals surface area contributed by atoms with Crippen LogP contribution in [0.1, 0.15) is 48.4 Å². The third kappa shape index (κ3) is 7.23. The first kappa shape index (κ1) is 24.1. The van der Waals surface area contributed by atoms with E-state index in [4.69, 9.17) is 4.74 Å². The van der Waals surface area contributed by atoms with Crippen LogP contribution in [0.15, 0.2) is 30.5 Å². The van der Waals surface area contributed by atoms with Gasteiger partial charge in [-0.3, -0.25) is 14.6 Å². The Labute approximate surface area is 178 Å². The lowest BCUT2D eigenvalue weighted by molar-refractivity contribution is -0.154. The van der Waals surface area contributed by atoms with Crippen LogP contribution in [-0.2, 0) is 11.2 Å². The minimum atomic E-state index is -4.51. The van der Waals surface area contributed by atoms with Crippen molar-refractivity contribution in [3.05, 3.63) is 47.3 Å². The maximum absolute atomic E-state index is 12.7. The molecule has 7 nitrogen and oxygen atoms in total. The monoisotopic (exact) mass is 439 g/mol. The number of carbonyl (C=O) groups is 2. The van der Waals surface area contributed by atoms with Gasteiger partial charge in [-0.05, 0) is 30.7 Å². The number of halogens is 3. The summed E-state index contributed by atoms with van der Waals surface area (Å²) in [6, 6.07) is 5.47. The van der Waals surface area contributed by atoms with Gasteiger partial charge < -0.3 is 14.8 Å². The zero-order valence-corrected chi connectivity index (χ0v) is 17.6. The first-order valence-corrected chi connectivity index (χ1v) is 9.53. The fraction of sp³-hybridized carbons (Fsp3) is 0.429. The predicted molar refractivity (Wildman–Crippen MR) is 106 cm³/mol. The molecule has 1 unspecified atom stereocenters. The van der Waals surface area contributed by atoms with Crippen LogP contribution >= 0.6 is 0 Å². The Morgan fingerprint density at radius 2 is 1.87 bits per heavy atom. The van der Waals surface area contributed by atoms with Crippen molar-refractivity contribution in [2.75, 3.05) is 13.7 Å². The number of carbonyl (C=O) groups excluding carboxylic acids is 2. The maximum atomic E-state index is 12.7. The molecule has 1 amide bonds. The highest BCUT2D eigenvalue weighted by atomic mass is 19.4. The topological polar surface area (TPSA) is 90.4 Å². The molecule has 2 rings (SSSR count). The molecule has 0 aliphatic carbocycles. The van der Waals surface area contributed by atoms with Crippen LogP contribution in [0.5, 0.6) is 11.8 Å². The second kappa shape index (κ2) is 10.2. The molecule has 0 radical (unpaired) electrons. The number of hydrogen-bond donors (Lipinski definition) is 1. The fourth-order valence-electron chi connectivity index (χ4n) is 2.59. The van der Waals surface area contributed by atoms with Crippen molar-refractivity contribution in [3.63, 3.8) is 0 Å². The average Bonchev–Trinajstić information content (AvgIpc) is 2.71. The summed E-state index contributed by atoms with van der Waals surface area (Å²) >= 11 is 0. The van der Waals surface area contributed by atoms with Crippen molar-refractivity contribution in [2.24, 2.45) is 5.92 Å². The number of Topliss-reactive ketones (excluding diaryl/α,β-unsaturated/α-hetero) is 1. The third-order valence-corrected chi connectivity index (χ3v) is 4.34. The zero-order valence-electron chi connectivity index (χ0n) is 17.6. The van der Waals surface area contributed by atoms with E-state index in [1.54, 1.807) is 25.3 Å². The van der Waals surface area contributed by atoms with Gasteiger partial charge in [0.05, 0.1) is 13.2 Å². The molecule has 1 atom stereocenters. The molecule has 0 spiro atoms. The molecule has 31 heavy (non-hydrogen) atoms. The summed E-state index contributed by atoms with van der Waals surface area (Å²) in [4.78, 5) is 32.6. The summed E-state index contributed by atoms with van der Waals surface area (Å²) < 4.78 is 46.5. The number of amides is 1. The molecule has 0 saturated carbocycles. The Bertz CT molecular complexity index is 932. The van der Waals surface area contributed by atoms with E-state index in [1.807, 2.05) is 13.8 Å². The highest BCUT2D eigenvalue weighted by Crippen LogP contribution is 2.23. The largest absolute Gasteiger partial charge is 0.480 e. The lowest BCUT2D eigenvalue weighted by Gasteiger charge is -2.16. The van der Waals surface area contributed by atoms with Gasteiger partial charge in [-0.2, -0.15) is 18.2 Å². The molecule has 1 N–H and O–H groups in total. The smallest absolute Gasteiger partial charge is 0.422 e. The molecule has 10 heteroatoms. The van der Waals surface area contributed by atoms with Crippen LogP contribution in [0.2, 0.25) is 0 Å². The zero-order chi connectivity index (χ0) is 23.2. The number of hydrogen-bond acceptors (Lipinski definition) is 6. The molecular formula is C21H24F3N3O4. The molecule has 2 aromatic rings. The van der Waals surface area contributed by atoms with Gasteiger partial charge in [0.2, 0.25) is 11.8 Å². The van der Waals surface area contributed by atoms with E-state index in [-0.39, 0.29) is 35.4 Å². The molecule has 0 bridgehead atoms. The molecule has 0 aliphatic rings. The number of nitrogens with one attached hydrogen (secondary N) is 1. The number of ketones is 1. The predicted octanol–water partition coefficient (Wildman–Crippen LogP) is 3.68. The summed E-state index contributed by atoms with van der Waals surface area (Å²) in [7, 11) is 1.25. The summed E-state index contributed by atoms with van der Waals surface area (Å²) in [5.41, 5.74) is 1.38. The van der Waals surface area contributed by atoms with Gasteiger partial charge in [0.1, 0.15) is 11.3 Å². The number of ether oxygens (including phenoxy) is 2. The number of rotatable bonds is 9. The van der Waals surface area contributed by atoms with E-state index in [0.29, 0.717) is 5.69 Å². The number of pyridine rings is 2. The Morgan fingerprint density at radius 1 is 1.16 bits per heavy atom. The lowest BCUT2D eigenvalue weighted by atomic mass is 10.0. The van der Waals surface area contributed by atoms with Crippen LogP contribution < -0.4 is 14.8 Å². The average molecular weight is 439 g/mol. The van der Waals surface area contributed by atoms with Crippen molar-refractivity contribution < 1.29 is 32.2 Å². The molecule has 2 aromatic heterocycles. The van der Waals surface area contributed by atoms with E-state index >= 15 is 0 Å². The molecule has 168 valence electrons. The third-order valence-electron chi connectivity index (χ3n) is 4.34. The highest BCUT2D eigenvalue weighted by Gasteiger charge is 2.29. The molecular weight excluding hydrogens is 415 g/mol. The van der Waals surface area contributed by atoms with Crippen LogP contribution in [0, 0.1) is 5.92 Å².